The summed E-state index contributed by atoms with van der Waals surface area (Å²) in [5.41, 5.74) is 7.93. The predicted molar refractivity (Wildman–Crippen MR) is 86.9 cm³/mol. The second-order valence-electron chi connectivity index (χ2n) is 5.28. The summed E-state index contributed by atoms with van der Waals surface area (Å²) >= 11 is 0. The zero-order chi connectivity index (χ0) is 17.1. The van der Waals surface area contributed by atoms with Crippen LogP contribution in [0.4, 0.5) is 18.9 Å². The molecule has 3 aromatic carbocycles. The Balaban J connectivity index is 1.82. The minimum atomic E-state index is -1.49. The Labute approximate surface area is 137 Å². The molecule has 3 aromatic rings. The molecule has 0 heterocycles. The lowest BCUT2D eigenvalue weighted by molar-refractivity contribution is 0.308. The molecular formula is C19H14F3NO. The Bertz CT molecular complexity index is 843. The van der Waals surface area contributed by atoms with Gasteiger partial charge in [0.05, 0.1) is 5.69 Å². The molecule has 0 bridgehead atoms. The highest BCUT2D eigenvalue weighted by Gasteiger charge is 2.12. The predicted octanol–water partition coefficient (Wildman–Crippen LogP) is 4.93. The summed E-state index contributed by atoms with van der Waals surface area (Å²) in [6, 6.07) is 16.2. The standard InChI is InChI=1S/C19H14F3NO/c20-15-8-14(9-16(21)19(15)22)13-6-7-18(17(23)10-13)24-11-12-4-2-1-3-5-12/h1-10H,11,23H2. The van der Waals surface area contributed by atoms with Crippen molar-refractivity contribution in [2.75, 3.05) is 5.73 Å². The molecule has 2 N–H and O–H groups in total. The molecule has 0 saturated carbocycles. The topological polar surface area (TPSA) is 35.2 Å². The van der Waals surface area contributed by atoms with Gasteiger partial charge in [-0.3, -0.25) is 0 Å². The molecule has 0 spiro atoms. The molecule has 0 aromatic heterocycles. The van der Waals surface area contributed by atoms with Gasteiger partial charge in [-0.25, -0.2) is 13.2 Å². The number of hydrogen-bond donors (Lipinski definition) is 1. The van der Waals surface area contributed by atoms with Gasteiger partial charge in [0.15, 0.2) is 17.5 Å². The normalized spacial score (nSPS) is 10.6. The highest BCUT2D eigenvalue weighted by Crippen LogP contribution is 2.30. The van der Waals surface area contributed by atoms with Gasteiger partial charge in [-0.05, 0) is 41.0 Å². The van der Waals surface area contributed by atoms with Crippen molar-refractivity contribution in [3.63, 3.8) is 0 Å². The van der Waals surface area contributed by atoms with Crippen LogP contribution < -0.4 is 10.5 Å². The van der Waals surface area contributed by atoms with E-state index in [4.69, 9.17) is 10.5 Å². The summed E-state index contributed by atoms with van der Waals surface area (Å²) in [6.07, 6.45) is 0. The van der Waals surface area contributed by atoms with Gasteiger partial charge in [0.1, 0.15) is 12.4 Å². The van der Waals surface area contributed by atoms with E-state index in [2.05, 4.69) is 0 Å². The van der Waals surface area contributed by atoms with Crippen molar-refractivity contribution in [3.05, 3.63) is 83.7 Å². The van der Waals surface area contributed by atoms with E-state index in [1.807, 2.05) is 30.3 Å². The summed E-state index contributed by atoms with van der Waals surface area (Å²) in [6.45, 7) is 0.351. The van der Waals surface area contributed by atoms with E-state index >= 15 is 0 Å². The fraction of sp³-hybridized carbons (Fsp3) is 0.0526. The van der Waals surface area contributed by atoms with Crippen LogP contribution in [0.25, 0.3) is 11.1 Å². The molecule has 0 unspecified atom stereocenters. The Morgan fingerprint density at radius 2 is 1.46 bits per heavy atom. The molecule has 0 radical (unpaired) electrons. The first-order chi connectivity index (χ1) is 11.5. The van der Waals surface area contributed by atoms with Gasteiger partial charge in [-0.1, -0.05) is 36.4 Å². The smallest absolute Gasteiger partial charge is 0.194 e. The number of anilines is 1. The maximum atomic E-state index is 13.3. The first-order valence-electron chi connectivity index (χ1n) is 7.26. The number of ether oxygens (including phenoxy) is 1. The summed E-state index contributed by atoms with van der Waals surface area (Å²) < 4.78 is 45.4. The summed E-state index contributed by atoms with van der Waals surface area (Å²) in [4.78, 5) is 0. The Morgan fingerprint density at radius 3 is 2.08 bits per heavy atom. The van der Waals surface area contributed by atoms with Gasteiger partial charge in [0, 0.05) is 0 Å². The number of nitrogens with two attached hydrogens (primary N) is 1. The molecule has 5 heteroatoms. The maximum Gasteiger partial charge on any atom is 0.194 e. The molecule has 0 saturated heterocycles. The van der Waals surface area contributed by atoms with E-state index < -0.39 is 17.5 Å². The molecule has 0 atom stereocenters. The van der Waals surface area contributed by atoms with Crippen LogP contribution in [-0.4, -0.2) is 0 Å². The number of rotatable bonds is 4. The van der Waals surface area contributed by atoms with Gasteiger partial charge in [-0.15, -0.1) is 0 Å². The lowest BCUT2D eigenvalue weighted by Crippen LogP contribution is -1.99. The lowest BCUT2D eigenvalue weighted by atomic mass is 10.0. The van der Waals surface area contributed by atoms with Gasteiger partial charge >= 0.3 is 0 Å². The number of benzene rings is 3. The molecule has 0 aliphatic rings. The zero-order valence-electron chi connectivity index (χ0n) is 12.6. The Morgan fingerprint density at radius 1 is 0.792 bits per heavy atom. The largest absolute Gasteiger partial charge is 0.487 e. The van der Waals surface area contributed by atoms with Crippen molar-refractivity contribution in [1.82, 2.24) is 0 Å². The molecule has 24 heavy (non-hydrogen) atoms. The minimum Gasteiger partial charge on any atom is -0.487 e. The third kappa shape index (κ3) is 3.35. The van der Waals surface area contributed by atoms with Crippen LogP contribution in [0, 0.1) is 17.5 Å². The van der Waals surface area contributed by atoms with Crippen LogP contribution in [0.1, 0.15) is 5.56 Å². The van der Waals surface area contributed by atoms with E-state index in [0.717, 1.165) is 17.7 Å². The zero-order valence-corrected chi connectivity index (χ0v) is 12.6. The molecular weight excluding hydrogens is 315 g/mol. The van der Waals surface area contributed by atoms with Gasteiger partial charge < -0.3 is 10.5 Å². The van der Waals surface area contributed by atoms with Crippen molar-refractivity contribution in [3.8, 4) is 16.9 Å². The maximum absolute atomic E-state index is 13.3. The molecule has 0 aliphatic carbocycles. The number of halogens is 3. The number of nitrogen functional groups attached to an aromatic ring is 1. The Hall–Kier alpha value is -2.95. The van der Waals surface area contributed by atoms with Crippen LogP contribution in [-0.2, 0) is 6.61 Å². The van der Waals surface area contributed by atoms with Crippen molar-refractivity contribution in [2.45, 2.75) is 6.61 Å². The third-order valence-corrected chi connectivity index (χ3v) is 3.56. The molecule has 0 fully saturated rings. The van der Waals surface area contributed by atoms with Crippen LogP contribution >= 0.6 is 0 Å². The van der Waals surface area contributed by atoms with Crippen LogP contribution in [0.15, 0.2) is 60.7 Å². The van der Waals surface area contributed by atoms with E-state index in [-0.39, 0.29) is 5.56 Å². The number of hydrogen-bond acceptors (Lipinski definition) is 2. The monoisotopic (exact) mass is 329 g/mol. The minimum absolute atomic E-state index is 0.202. The lowest BCUT2D eigenvalue weighted by Gasteiger charge is -2.11. The van der Waals surface area contributed by atoms with Crippen molar-refractivity contribution in [2.24, 2.45) is 0 Å². The van der Waals surface area contributed by atoms with Gasteiger partial charge in [0.25, 0.3) is 0 Å². The van der Waals surface area contributed by atoms with Crippen molar-refractivity contribution < 1.29 is 17.9 Å². The van der Waals surface area contributed by atoms with E-state index in [1.54, 1.807) is 12.1 Å². The van der Waals surface area contributed by atoms with Crippen LogP contribution in [0.3, 0.4) is 0 Å². The quantitative estimate of drug-likeness (QED) is 0.544. The average Bonchev–Trinajstić information content (AvgIpc) is 2.59. The van der Waals surface area contributed by atoms with Gasteiger partial charge in [-0.2, -0.15) is 0 Å². The first-order valence-corrected chi connectivity index (χ1v) is 7.26. The molecule has 0 aliphatic heterocycles. The fourth-order valence-corrected chi connectivity index (χ4v) is 2.32. The van der Waals surface area contributed by atoms with E-state index in [1.165, 1.54) is 6.07 Å². The van der Waals surface area contributed by atoms with Crippen molar-refractivity contribution >= 4 is 5.69 Å². The fourth-order valence-electron chi connectivity index (χ4n) is 2.32. The summed E-state index contributed by atoms with van der Waals surface area (Å²) in [5.74, 6) is -3.51. The second-order valence-corrected chi connectivity index (χ2v) is 5.28. The van der Waals surface area contributed by atoms with Gasteiger partial charge in [0.2, 0.25) is 0 Å². The van der Waals surface area contributed by atoms with E-state index in [0.29, 0.717) is 23.6 Å². The molecule has 3 rings (SSSR count). The third-order valence-electron chi connectivity index (χ3n) is 3.56. The highest BCUT2D eigenvalue weighted by molar-refractivity contribution is 5.70. The SMILES string of the molecule is Nc1cc(-c2cc(F)c(F)c(F)c2)ccc1OCc1ccccc1. The second kappa shape index (κ2) is 6.66. The summed E-state index contributed by atoms with van der Waals surface area (Å²) in [5, 5.41) is 0. The molecule has 122 valence electrons. The Kier molecular flexibility index (Phi) is 4.42. The summed E-state index contributed by atoms with van der Waals surface area (Å²) in [7, 11) is 0. The average molecular weight is 329 g/mol. The van der Waals surface area contributed by atoms with Crippen LogP contribution in [0.2, 0.25) is 0 Å². The van der Waals surface area contributed by atoms with Crippen molar-refractivity contribution in [1.29, 1.82) is 0 Å². The van der Waals surface area contributed by atoms with E-state index in [9.17, 15) is 13.2 Å². The molecule has 0 amide bonds. The van der Waals surface area contributed by atoms with Crippen LogP contribution in [0.5, 0.6) is 5.75 Å². The highest BCUT2D eigenvalue weighted by atomic mass is 19.2. The molecule has 2 nitrogen and oxygen atoms in total. The first kappa shape index (κ1) is 15.9.